The molecule has 0 saturated carbocycles. The Labute approximate surface area is 170 Å². The first-order valence-corrected chi connectivity index (χ1v) is 8.82. The molecule has 7 nitrogen and oxygen atoms in total. The molecule has 2 N–H and O–H groups in total. The number of benzene rings is 1. The third-order valence-corrected chi connectivity index (χ3v) is 5.15. The highest BCUT2D eigenvalue weighted by molar-refractivity contribution is 6.03. The number of aromatic nitrogens is 2. The summed E-state index contributed by atoms with van der Waals surface area (Å²) in [5.41, 5.74) is 2.98. The number of nitrogens with zero attached hydrogens (tertiary/aromatic N) is 3. The highest BCUT2D eigenvalue weighted by Crippen LogP contribution is 2.34. The van der Waals surface area contributed by atoms with Crippen LogP contribution in [0.15, 0.2) is 18.2 Å². The number of carbonyl (C=O) groups is 2. The number of amides is 2. The molecule has 4 rings (SSSR count). The van der Waals surface area contributed by atoms with Crippen LogP contribution in [0.4, 0.5) is 5.69 Å². The van der Waals surface area contributed by atoms with Crippen molar-refractivity contribution in [1.82, 2.24) is 20.4 Å². The van der Waals surface area contributed by atoms with Crippen LogP contribution in [-0.2, 0) is 16.6 Å². The molecule has 27 heavy (non-hydrogen) atoms. The van der Waals surface area contributed by atoms with Crippen LogP contribution in [-0.4, -0.2) is 47.3 Å². The summed E-state index contributed by atoms with van der Waals surface area (Å²) in [4.78, 5) is 26.1. The number of anilines is 1. The lowest BCUT2D eigenvalue weighted by atomic mass is 9.92. The van der Waals surface area contributed by atoms with Gasteiger partial charge in [-0.15, -0.1) is 24.8 Å². The van der Waals surface area contributed by atoms with Gasteiger partial charge in [0.15, 0.2) is 0 Å². The van der Waals surface area contributed by atoms with Gasteiger partial charge in [0.2, 0.25) is 11.8 Å². The molecule has 1 aromatic carbocycles. The summed E-state index contributed by atoms with van der Waals surface area (Å²) in [6, 6.07) is 6.61. The van der Waals surface area contributed by atoms with Gasteiger partial charge in [-0.05, 0) is 19.4 Å². The first-order valence-electron chi connectivity index (χ1n) is 8.82. The van der Waals surface area contributed by atoms with Gasteiger partial charge in [-0.1, -0.05) is 12.1 Å². The van der Waals surface area contributed by atoms with Gasteiger partial charge in [0.1, 0.15) is 0 Å². The van der Waals surface area contributed by atoms with E-state index in [4.69, 9.17) is 0 Å². The lowest BCUT2D eigenvalue weighted by Gasteiger charge is -2.34. The molecule has 2 aromatic rings. The summed E-state index contributed by atoms with van der Waals surface area (Å²) in [6.07, 6.45) is 0.884. The van der Waals surface area contributed by atoms with Gasteiger partial charge in [0.05, 0.1) is 22.8 Å². The van der Waals surface area contributed by atoms with Crippen molar-refractivity contribution in [3.05, 3.63) is 23.9 Å². The maximum Gasteiger partial charge on any atom is 0.235 e. The normalized spacial score (nSPS) is 22.8. The summed E-state index contributed by atoms with van der Waals surface area (Å²) in [6.45, 7) is 5.03. The minimum absolute atomic E-state index is 0. The number of hydrogen-bond acceptors (Lipinski definition) is 5. The zero-order valence-corrected chi connectivity index (χ0v) is 17.0. The van der Waals surface area contributed by atoms with E-state index in [0.717, 1.165) is 41.9 Å². The van der Waals surface area contributed by atoms with Crippen LogP contribution in [0.3, 0.4) is 0 Å². The standard InChI is InChI=1S/C18H23N5O2.2ClH/c1-11-10-23(9-8-19-11)14-5-3-4-12-16(21-22(2)17(12)14)13-6-7-15(24)20-18(13)25;;/h3-5,11,13,19H,6-10H2,1-2H3,(H,20,24,25);2*1H/t11-,13?;;/m0../s1. The quantitative estimate of drug-likeness (QED) is 0.732. The van der Waals surface area contributed by atoms with Crippen LogP contribution in [0.2, 0.25) is 0 Å². The molecule has 1 aromatic heterocycles. The van der Waals surface area contributed by atoms with Crippen molar-refractivity contribution in [3.63, 3.8) is 0 Å². The lowest BCUT2D eigenvalue weighted by molar-refractivity contribution is -0.134. The molecule has 2 aliphatic heterocycles. The summed E-state index contributed by atoms with van der Waals surface area (Å²) in [5, 5.41) is 11.6. The average molecular weight is 414 g/mol. The van der Waals surface area contributed by atoms with Crippen molar-refractivity contribution in [3.8, 4) is 0 Å². The fraction of sp³-hybridized carbons (Fsp3) is 0.500. The Bertz CT molecular complexity index is 854. The number of para-hydroxylation sites is 1. The maximum atomic E-state index is 12.3. The highest BCUT2D eigenvalue weighted by Gasteiger charge is 2.32. The van der Waals surface area contributed by atoms with Crippen LogP contribution >= 0.6 is 24.8 Å². The van der Waals surface area contributed by atoms with Gasteiger partial charge in [-0.3, -0.25) is 19.6 Å². The van der Waals surface area contributed by atoms with Crippen LogP contribution in [0.5, 0.6) is 0 Å². The van der Waals surface area contributed by atoms with Gasteiger partial charge < -0.3 is 10.2 Å². The van der Waals surface area contributed by atoms with Crippen LogP contribution < -0.4 is 15.5 Å². The molecule has 148 valence electrons. The third-order valence-electron chi connectivity index (χ3n) is 5.15. The molecule has 2 fully saturated rings. The number of imide groups is 1. The molecule has 0 spiro atoms. The lowest BCUT2D eigenvalue weighted by Crippen LogP contribution is -2.49. The second-order valence-corrected chi connectivity index (χ2v) is 6.99. The van der Waals surface area contributed by atoms with Crippen molar-refractivity contribution in [1.29, 1.82) is 0 Å². The number of nitrogens with one attached hydrogen (secondary N) is 2. The van der Waals surface area contributed by atoms with E-state index in [2.05, 4.69) is 33.6 Å². The van der Waals surface area contributed by atoms with Crippen molar-refractivity contribution in [2.75, 3.05) is 24.5 Å². The molecule has 2 amide bonds. The van der Waals surface area contributed by atoms with E-state index >= 15 is 0 Å². The van der Waals surface area contributed by atoms with E-state index in [0.29, 0.717) is 18.9 Å². The van der Waals surface area contributed by atoms with Crippen LogP contribution in [0.25, 0.3) is 10.9 Å². The Kier molecular flexibility index (Phi) is 6.72. The SMILES string of the molecule is C[C@H]1CN(c2cccc3c(C4CCC(=O)NC4=O)nn(C)c23)CCN1.Cl.Cl. The van der Waals surface area contributed by atoms with E-state index in [1.54, 1.807) is 0 Å². The smallest absolute Gasteiger partial charge is 0.235 e. The molecule has 1 unspecified atom stereocenters. The predicted octanol–water partition coefficient (Wildman–Crippen LogP) is 1.74. The monoisotopic (exact) mass is 413 g/mol. The maximum absolute atomic E-state index is 12.3. The van der Waals surface area contributed by atoms with E-state index in [1.165, 1.54) is 0 Å². The molecule has 0 aliphatic carbocycles. The van der Waals surface area contributed by atoms with E-state index in [-0.39, 0.29) is 42.5 Å². The Hall–Kier alpha value is -1.83. The van der Waals surface area contributed by atoms with Crippen LogP contribution in [0.1, 0.15) is 31.4 Å². The van der Waals surface area contributed by atoms with Crippen molar-refractivity contribution >= 4 is 53.2 Å². The van der Waals surface area contributed by atoms with Gasteiger partial charge in [0.25, 0.3) is 0 Å². The molecule has 0 bridgehead atoms. The number of piperazine rings is 1. The first kappa shape index (κ1) is 21.5. The molecular weight excluding hydrogens is 389 g/mol. The van der Waals surface area contributed by atoms with Gasteiger partial charge in [0, 0.05) is 44.5 Å². The number of aryl methyl sites for hydroxylation is 1. The van der Waals surface area contributed by atoms with E-state index in [9.17, 15) is 9.59 Å². The second-order valence-electron chi connectivity index (χ2n) is 6.99. The summed E-state index contributed by atoms with van der Waals surface area (Å²) >= 11 is 0. The Balaban J connectivity index is 0.00000131. The Morgan fingerprint density at radius 2 is 2.00 bits per heavy atom. The number of carbonyl (C=O) groups excluding carboxylic acids is 2. The Morgan fingerprint density at radius 1 is 1.22 bits per heavy atom. The molecular formula is C18H25Cl2N5O2. The summed E-state index contributed by atoms with van der Waals surface area (Å²) < 4.78 is 1.87. The van der Waals surface area contributed by atoms with Crippen LogP contribution in [0, 0.1) is 0 Å². The Morgan fingerprint density at radius 3 is 2.70 bits per heavy atom. The van der Waals surface area contributed by atoms with Crippen molar-refractivity contribution in [2.24, 2.45) is 7.05 Å². The average Bonchev–Trinajstić information content (AvgIpc) is 2.92. The van der Waals surface area contributed by atoms with E-state index in [1.807, 2.05) is 23.9 Å². The molecule has 2 saturated heterocycles. The second kappa shape index (κ2) is 8.46. The fourth-order valence-corrected chi connectivity index (χ4v) is 3.96. The third kappa shape index (κ3) is 3.90. The van der Waals surface area contributed by atoms with E-state index < -0.39 is 0 Å². The molecule has 2 atom stereocenters. The minimum atomic E-state index is -0.362. The van der Waals surface area contributed by atoms with Crippen molar-refractivity contribution in [2.45, 2.75) is 31.7 Å². The zero-order chi connectivity index (χ0) is 17.6. The predicted molar refractivity (Wildman–Crippen MR) is 110 cm³/mol. The number of piperidine rings is 1. The summed E-state index contributed by atoms with van der Waals surface area (Å²) in [5.74, 6) is -0.798. The summed E-state index contributed by atoms with van der Waals surface area (Å²) in [7, 11) is 1.92. The van der Waals surface area contributed by atoms with Crippen molar-refractivity contribution < 1.29 is 9.59 Å². The zero-order valence-electron chi connectivity index (χ0n) is 15.4. The number of rotatable bonds is 2. The van der Waals surface area contributed by atoms with Gasteiger partial charge >= 0.3 is 0 Å². The number of hydrogen-bond donors (Lipinski definition) is 2. The fourth-order valence-electron chi connectivity index (χ4n) is 3.96. The number of halogens is 2. The molecule has 2 aliphatic rings. The molecule has 0 radical (unpaired) electrons. The van der Waals surface area contributed by atoms with Gasteiger partial charge in [-0.25, -0.2) is 0 Å². The molecule has 9 heteroatoms. The van der Waals surface area contributed by atoms with Gasteiger partial charge in [-0.2, -0.15) is 5.10 Å². The topological polar surface area (TPSA) is 79.3 Å². The highest BCUT2D eigenvalue weighted by atomic mass is 35.5. The number of fused-ring (bicyclic) bond motifs is 1. The minimum Gasteiger partial charge on any atom is -0.367 e. The molecule has 3 heterocycles. The first-order chi connectivity index (χ1) is 12.0. The largest absolute Gasteiger partial charge is 0.367 e.